The molecule has 1 aromatic carbocycles. The van der Waals surface area contributed by atoms with Crippen LogP contribution in [0.5, 0.6) is 0 Å². The Labute approximate surface area is 96.7 Å². The number of rotatable bonds is 4. The molecule has 2 aromatic rings. The molecule has 0 radical (unpaired) electrons. The van der Waals surface area contributed by atoms with Crippen molar-refractivity contribution in [2.45, 2.75) is 32.7 Å². The Morgan fingerprint density at radius 1 is 1.31 bits per heavy atom. The Balaban J connectivity index is 2.30. The normalized spacial score (nSPS) is 12.6. The molecule has 1 N–H and O–H groups in total. The summed E-state index contributed by atoms with van der Waals surface area (Å²) < 4.78 is 0. The first kappa shape index (κ1) is 10.9. The zero-order valence-corrected chi connectivity index (χ0v) is 9.90. The molecule has 0 aliphatic carbocycles. The number of aromatic nitrogens is 1. The van der Waals surface area contributed by atoms with Crippen LogP contribution in [0, 0.1) is 0 Å². The van der Waals surface area contributed by atoms with E-state index in [0.29, 0.717) is 6.04 Å². The minimum Gasteiger partial charge on any atom is -0.382 e. The molecule has 0 aliphatic heterocycles. The molecule has 1 atom stereocenters. The van der Waals surface area contributed by atoms with Gasteiger partial charge in [0.15, 0.2) is 0 Å². The number of fused-ring (bicyclic) bond motifs is 1. The van der Waals surface area contributed by atoms with E-state index in [9.17, 15) is 0 Å². The summed E-state index contributed by atoms with van der Waals surface area (Å²) in [7, 11) is 0. The largest absolute Gasteiger partial charge is 0.382 e. The molecule has 0 bridgehead atoms. The molecule has 0 spiro atoms. The fourth-order valence-electron chi connectivity index (χ4n) is 2.02. The Morgan fingerprint density at radius 3 is 3.00 bits per heavy atom. The van der Waals surface area contributed by atoms with Crippen LogP contribution >= 0.6 is 0 Å². The summed E-state index contributed by atoms with van der Waals surface area (Å²) in [5.74, 6) is 0. The van der Waals surface area contributed by atoms with Gasteiger partial charge in [-0.3, -0.25) is 4.98 Å². The minimum atomic E-state index is 0.517. The van der Waals surface area contributed by atoms with E-state index in [-0.39, 0.29) is 0 Å². The maximum atomic E-state index is 4.14. The fourth-order valence-corrected chi connectivity index (χ4v) is 2.02. The third-order valence-electron chi connectivity index (χ3n) is 2.80. The van der Waals surface area contributed by atoms with Crippen LogP contribution in [-0.4, -0.2) is 11.0 Å². The van der Waals surface area contributed by atoms with Crippen molar-refractivity contribution < 1.29 is 0 Å². The van der Waals surface area contributed by atoms with E-state index in [2.05, 4.69) is 48.4 Å². The molecular formula is C14H18N2. The predicted molar refractivity (Wildman–Crippen MR) is 69.7 cm³/mol. The summed E-state index contributed by atoms with van der Waals surface area (Å²) in [6.07, 6.45) is 6.16. The Morgan fingerprint density at radius 2 is 2.19 bits per heavy atom. The Kier molecular flexibility index (Phi) is 3.40. The summed E-state index contributed by atoms with van der Waals surface area (Å²) >= 11 is 0. The van der Waals surface area contributed by atoms with Gasteiger partial charge in [-0.2, -0.15) is 0 Å². The Hall–Kier alpha value is -1.57. The highest BCUT2D eigenvalue weighted by Gasteiger charge is 2.03. The van der Waals surface area contributed by atoms with Crippen molar-refractivity contribution in [3.05, 3.63) is 36.7 Å². The van der Waals surface area contributed by atoms with Gasteiger partial charge < -0.3 is 5.32 Å². The van der Waals surface area contributed by atoms with E-state index in [1.165, 1.54) is 29.3 Å². The molecule has 2 rings (SSSR count). The molecule has 1 heterocycles. The fraction of sp³-hybridized carbons (Fsp3) is 0.357. The van der Waals surface area contributed by atoms with Crippen LogP contribution in [0.25, 0.3) is 10.8 Å². The summed E-state index contributed by atoms with van der Waals surface area (Å²) in [4.78, 5) is 4.14. The molecule has 84 valence electrons. The molecule has 0 fully saturated rings. The smallest absolute Gasteiger partial charge is 0.0423 e. The number of pyridine rings is 1. The number of nitrogens with zero attached hydrogens (tertiary/aromatic N) is 1. The molecule has 1 aromatic heterocycles. The molecule has 2 nitrogen and oxygen atoms in total. The Bertz CT molecular complexity index is 460. The minimum absolute atomic E-state index is 0.517. The van der Waals surface area contributed by atoms with E-state index in [1.54, 1.807) is 0 Å². The average Bonchev–Trinajstić information content (AvgIpc) is 2.30. The topological polar surface area (TPSA) is 24.9 Å². The van der Waals surface area contributed by atoms with Gasteiger partial charge in [0.05, 0.1) is 0 Å². The zero-order chi connectivity index (χ0) is 11.4. The third kappa shape index (κ3) is 2.32. The van der Waals surface area contributed by atoms with Crippen molar-refractivity contribution in [2.75, 3.05) is 5.32 Å². The summed E-state index contributed by atoms with van der Waals surface area (Å²) in [5, 5.41) is 6.00. The molecule has 0 saturated carbocycles. The van der Waals surface area contributed by atoms with Crippen molar-refractivity contribution in [3.63, 3.8) is 0 Å². The first-order valence-corrected chi connectivity index (χ1v) is 5.90. The quantitative estimate of drug-likeness (QED) is 0.836. The second-order valence-corrected chi connectivity index (χ2v) is 4.24. The third-order valence-corrected chi connectivity index (χ3v) is 2.80. The molecule has 0 aliphatic rings. The van der Waals surface area contributed by atoms with Crippen molar-refractivity contribution >= 4 is 16.5 Å². The molecule has 16 heavy (non-hydrogen) atoms. The van der Waals surface area contributed by atoms with Gasteiger partial charge in [0.25, 0.3) is 0 Å². The number of nitrogens with one attached hydrogen (secondary N) is 1. The molecule has 0 amide bonds. The second-order valence-electron chi connectivity index (χ2n) is 4.24. The standard InChI is InChI=1S/C14H18N2/c1-3-5-11(2)16-14-7-4-6-12-10-15-9-8-13(12)14/h4,6-11,16H,3,5H2,1-2H3. The first-order chi connectivity index (χ1) is 7.81. The highest BCUT2D eigenvalue weighted by Crippen LogP contribution is 2.23. The van der Waals surface area contributed by atoms with Gasteiger partial charge in [0.2, 0.25) is 0 Å². The van der Waals surface area contributed by atoms with E-state index in [1.807, 2.05) is 12.4 Å². The molecule has 1 unspecified atom stereocenters. The number of hydrogen-bond donors (Lipinski definition) is 1. The highest BCUT2D eigenvalue weighted by molar-refractivity contribution is 5.93. The lowest BCUT2D eigenvalue weighted by Crippen LogP contribution is -2.14. The van der Waals surface area contributed by atoms with Gasteiger partial charge in [-0.25, -0.2) is 0 Å². The predicted octanol–water partition coefficient (Wildman–Crippen LogP) is 3.84. The zero-order valence-electron chi connectivity index (χ0n) is 9.90. The molecule has 2 heteroatoms. The maximum Gasteiger partial charge on any atom is 0.0423 e. The van der Waals surface area contributed by atoms with E-state index in [0.717, 1.165) is 0 Å². The van der Waals surface area contributed by atoms with Gasteiger partial charge in [-0.1, -0.05) is 25.5 Å². The summed E-state index contributed by atoms with van der Waals surface area (Å²) in [6, 6.07) is 8.89. The molecular weight excluding hydrogens is 196 g/mol. The lowest BCUT2D eigenvalue weighted by atomic mass is 10.1. The van der Waals surface area contributed by atoms with E-state index in [4.69, 9.17) is 0 Å². The van der Waals surface area contributed by atoms with Gasteiger partial charge in [0, 0.05) is 34.9 Å². The van der Waals surface area contributed by atoms with E-state index >= 15 is 0 Å². The average molecular weight is 214 g/mol. The number of benzene rings is 1. The van der Waals surface area contributed by atoms with Crippen molar-refractivity contribution in [3.8, 4) is 0 Å². The van der Waals surface area contributed by atoms with Crippen LogP contribution in [-0.2, 0) is 0 Å². The van der Waals surface area contributed by atoms with Gasteiger partial charge in [-0.15, -0.1) is 0 Å². The van der Waals surface area contributed by atoms with Crippen LogP contribution in [0.1, 0.15) is 26.7 Å². The maximum absolute atomic E-state index is 4.14. The highest BCUT2D eigenvalue weighted by atomic mass is 14.9. The van der Waals surface area contributed by atoms with Gasteiger partial charge in [0.1, 0.15) is 0 Å². The lowest BCUT2D eigenvalue weighted by molar-refractivity contribution is 0.691. The van der Waals surface area contributed by atoms with E-state index < -0.39 is 0 Å². The summed E-state index contributed by atoms with van der Waals surface area (Å²) in [6.45, 7) is 4.44. The van der Waals surface area contributed by atoms with Crippen molar-refractivity contribution in [1.82, 2.24) is 4.98 Å². The van der Waals surface area contributed by atoms with Crippen LogP contribution in [0.15, 0.2) is 36.7 Å². The number of hydrogen-bond acceptors (Lipinski definition) is 2. The second kappa shape index (κ2) is 4.97. The van der Waals surface area contributed by atoms with Crippen molar-refractivity contribution in [2.24, 2.45) is 0 Å². The number of anilines is 1. The van der Waals surface area contributed by atoms with Crippen LogP contribution < -0.4 is 5.32 Å². The van der Waals surface area contributed by atoms with Gasteiger partial charge >= 0.3 is 0 Å². The summed E-state index contributed by atoms with van der Waals surface area (Å²) in [5.41, 5.74) is 1.21. The SMILES string of the molecule is CCCC(C)Nc1cccc2cnccc12. The lowest BCUT2D eigenvalue weighted by Gasteiger charge is -2.15. The monoisotopic (exact) mass is 214 g/mol. The van der Waals surface area contributed by atoms with Crippen LogP contribution in [0.2, 0.25) is 0 Å². The van der Waals surface area contributed by atoms with Gasteiger partial charge in [-0.05, 0) is 25.5 Å². The first-order valence-electron chi connectivity index (χ1n) is 5.90. The van der Waals surface area contributed by atoms with Crippen LogP contribution in [0.4, 0.5) is 5.69 Å². The van der Waals surface area contributed by atoms with Crippen molar-refractivity contribution in [1.29, 1.82) is 0 Å². The molecule has 0 saturated heterocycles. The van der Waals surface area contributed by atoms with Crippen LogP contribution in [0.3, 0.4) is 0 Å².